The third kappa shape index (κ3) is 2.68. The molecule has 0 spiro atoms. The number of nitrogens with zero attached hydrogens (tertiary/aromatic N) is 2. The molecule has 1 unspecified atom stereocenters. The lowest BCUT2D eigenvalue weighted by Gasteiger charge is -2.12. The van der Waals surface area contributed by atoms with Crippen LogP contribution in [-0.4, -0.2) is 15.8 Å². The van der Waals surface area contributed by atoms with Crippen molar-refractivity contribution in [1.82, 2.24) is 4.57 Å². The van der Waals surface area contributed by atoms with Gasteiger partial charge in [-0.25, -0.2) is 4.57 Å². The van der Waals surface area contributed by atoms with Gasteiger partial charge in [0.2, 0.25) is 0 Å². The van der Waals surface area contributed by atoms with Crippen LogP contribution in [0.25, 0.3) is 21.8 Å². The van der Waals surface area contributed by atoms with Crippen LogP contribution >= 0.6 is 0 Å². The van der Waals surface area contributed by atoms with Crippen LogP contribution in [0.2, 0.25) is 0 Å². The van der Waals surface area contributed by atoms with Crippen LogP contribution in [0.5, 0.6) is 0 Å². The number of aryl methyl sites for hydroxylation is 1. The van der Waals surface area contributed by atoms with E-state index in [1.165, 1.54) is 27.4 Å². The molecule has 1 N–H and O–H groups in total. The lowest BCUT2D eigenvalue weighted by molar-refractivity contribution is -0.704. The maximum atomic E-state index is 10.6. The van der Waals surface area contributed by atoms with Gasteiger partial charge < -0.3 is 9.67 Å². The highest BCUT2D eigenvalue weighted by Crippen LogP contribution is 2.28. The second-order valence-electron chi connectivity index (χ2n) is 6.38. The molecule has 4 aromatic rings. The minimum absolute atomic E-state index is 0.448. The average molecular weight is 317 g/mol. The lowest BCUT2D eigenvalue weighted by Crippen LogP contribution is -2.40. The van der Waals surface area contributed by atoms with Crippen LogP contribution in [0.4, 0.5) is 0 Å². The molecule has 0 aliphatic rings. The number of aliphatic hydroxyl groups excluding tert-OH is 1. The van der Waals surface area contributed by atoms with Crippen molar-refractivity contribution in [1.29, 1.82) is 0 Å². The molecule has 0 saturated carbocycles. The van der Waals surface area contributed by atoms with Crippen molar-refractivity contribution in [2.24, 2.45) is 0 Å². The van der Waals surface area contributed by atoms with Gasteiger partial charge in [0.05, 0.1) is 6.54 Å². The fraction of sp³-hybridized carbons (Fsp3) is 0.190. The summed E-state index contributed by atoms with van der Waals surface area (Å²) in [5, 5.41) is 13.1. The fourth-order valence-corrected chi connectivity index (χ4v) is 3.48. The maximum absolute atomic E-state index is 10.6. The molecule has 0 radical (unpaired) electrons. The molecule has 24 heavy (non-hydrogen) atoms. The molecule has 3 nitrogen and oxygen atoms in total. The fourth-order valence-electron chi connectivity index (χ4n) is 3.48. The molecule has 2 aromatic heterocycles. The van der Waals surface area contributed by atoms with Gasteiger partial charge in [0.1, 0.15) is 6.10 Å². The number of hydrogen-bond donors (Lipinski definition) is 1. The first kappa shape index (κ1) is 14.9. The summed E-state index contributed by atoms with van der Waals surface area (Å²) in [5.74, 6) is 0. The maximum Gasteiger partial charge on any atom is 0.175 e. The molecule has 120 valence electrons. The number of fused-ring (bicyclic) bond motifs is 3. The van der Waals surface area contributed by atoms with E-state index in [1.54, 1.807) is 0 Å². The monoisotopic (exact) mass is 317 g/mol. The first-order chi connectivity index (χ1) is 11.7. The molecule has 3 heteroatoms. The molecule has 2 aromatic carbocycles. The summed E-state index contributed by atoms with van der Waals surface area (Å²) >= 11 is 0. The van der Waals surface area contributed by atoms with Crippen molar-refractivity contribution in [2.45, 2.75) is 26.1 Å². The van der Waals surface area contributed by atoms with Crippen LogP contribution in [0.3, 0.4) is 0 Å². The number of aliphatic hydroxyl groups is 1. The van der Waals surface area contributed by atoms with Crippen LogP contribution in [0.1, 0.15) is 5.56 Å². The summed E-state index contributed by atoms with van der Waals surface area (Å²) in [4.78, 5) is 0. The van der Waals surface area contributed by atoms with Crippen molar-refractivity contribution < 1.29 is 9.67 Å². The summed E-state index contributed by atoms with van der Waals surface area (Å²) in [7, 11) is 0. The van der Waals surface area contributed by atoms with Crippen molar-refractivity contribution >= 4 is 21.8 Å². The molecule has 0 fully saturated rings. The quantitative estimate of drug-likeness (QED) is 0.574. The normalized spacial score (nSPS) is 12.8. The van der Waals surface area contributed by atoms with Gasteiger partial charge in [0.25, 0.3) is 0 Å². The van der Waals surface area contributed by atoms with Crippen LogP contribution < -0.4 is 4.57 Å². The zero-order valence-electron chi connectivity index (χ0n) is 13.8. The van der Waals surface area contributed by atoms with E-state index in [-0.39, 0.29) is 0 Å². The van der Waals surface area contributed by atoms with Gasteiger partial charge in [-0.15, -0.1) is 0 Å². The first-order valence-electron chi connectivity index (χ1n) is 8.32. The molecule has 4 rings (SSSR count). The van der Waals surface area contributed by atoms with E-state index in [4.69, 9.17) is 0 Å². The zero-order valence-corrected chi connectivity index (χ0v) is 13.8. The number of pyridine rings is 1. The Bertz CT molecular complexity index is 950. The van der Waals surface area contributed by atoms with Crippen molar-refractivity contribution in [3.63, 3.8) is 0 Å². The Labute approximate surface area is 141 Å². The lowest BCUT2D eigenvalue weighted by atomic mass is 10.2. The van der Waals surface area contributed by atoms with E-state index >= 15 is 0 Å². The highest BCUT2D eigenvalue weighted by Gasteiger charge is 2.16. The summed E-state index contributed by atoms with van der Waals surface area (Å²) in [6, 6.07) is 20.9. The minimum Gasteiger partial charge on any atom is -0.385 e. The topological polar surface area (TPSA) is 29.0 Å². The second-order valence-corrected chi connectivity index (χ2v) is 6.38. The van der Waals surface area contributed by atoms with E-state index in [1.807, 2.05) is 16.8 Å². The molecular formula is C21H21N2O+. The molecule has 0 bridgehead atoms. The minimum atomic E-state index is -0.448. The van der Waals surface area contributed by atoms with Crippen molar-refractivity contribution in [3.8, 4) is 0 Å². The van der Waals surface area contributed by atoms with Gasteiger partial charge in [-0.05, 0) is 25.1 Å². The molecule has 0 amide bonds. The summed E-state index contributed by atoms with van der Waals surface area (Å²) in [6.45, 7) is 3.23. The largest absolute Gasteiger partial charge is 0.385 e. The molecule has 2 heterocycles. The van der Waals surface area contributed by atoms with Crippen LogP contribution in [0.15, 0.2) is 73.1 Å². The standard InChI is InChI=1S/C21H21N2O/c1-16-7-6-12-22(13-16)14-17(24)15-23-20-10-4-2-8-18(20)19-9-3-5-11-21(19)23/h2-13,17,24H,14-15H2,1H3/q+1. The second kappa shape index (κ2) is 6.10. The number of benzene rings is 2. The number of rotatable bonds is 4. The van der Waals surface area contributed by atoms with Crippen molar-refractivity contribution in [2.75, 3.05) is 0 Å². The van der Waals surface area contributed by atoms with E-state index in [0.717, 1.165) is 0 Å². The van der Waals surface area contributed by atoms with E-state index in [0.29, 0.717) is 13.1 Å². The summed E-state index contributed by atoms with van der Waals surface area (Å²) < 4.78 is 4.28. The predicted molar refractivity (Wildman–Crippen MR) is 96.8 cm³/mol. The zero-order chi connectivity index (χ0) is 16.5. The van der Waals surface area contributed by atoms with Gasteiger partial charge in [-0.3, -0.25) is 0 Å². The van der Waals surface area contributed by atoms with E-state index in [9.17, 15) is 5.11 Å². The Hall–Kier alpha value is -2.65. The SMILES string of the molecule is Cc1ccc[n+](CC(O)Cn2c3ccccc3c3ccccc32)c1. The van der Waals surface area contributed by atoms with Gasteiger partial charge in [-0.2, -0.15) is 0 Å². The van der Waals surface area contributed by atoms with Gasteiger partial charge in [-0.1, -0.05) is 36.4 Å². The highest BCUT2D eigenvalue weighted by atomic mass is 16.3. The van der Waals surface area contributed by atoms with Gasteiger partial charge in [0, 0.05) is 33.4 Å². The Morgan fingerprint density at radius 1 is 0.917 bits per heavy atom. The number of para-hydroxylation sites is 2. The van der Waals surface area contributed by atoms with Crippen molar-refractivity contribution in [3.05, 3.63) is 78.6 Å². The van der Waals surface area contributed by atoms with E-state index < -0.39 is 6.10 Å². The first-order valence-corrected chi connectivity index (χ1v) is 8.32. The Morgan fingerprint density at radius 3 is 2.17 bits per heavy atom. The number of hydrogen-bond acceptors (Lipinski definition) is 1. The summed E-state index contributed by atoms with van der Waals surface area (Å²) in [5.41, 5.74) is 3.54. The molecule has 0 aliphatic heterocycles. The van der Waals surface area contributed by atoms with Crippen LogP contribution in [0, 0.1) is 6.92 Å². The van der Waals surface area contributed by atoms with Gasteiger partial charge >= 0.3 is 0 Å². The smallest absolute Gasteiger partial charge is 0.175 e. The third-order valence-electron chi connectivity index (χ3n) is 4.50. The molecule has 1 atom stereocenters. The molecule has 0 saturated heterocycles. The third-order valence-corrected chi connectivity index (χ3v) is 4.50. The Morgan fingerprint density at radius 2 is 1.54 bits per heavy atom. The highest BCUT2D eigenvalue weighted by molar-refractivity contribution is 6.07. The predicted octanol–water partition coefficient (Wildman–Crippen LogP) is 3.45. The average Bonchev–Trinajstić information content (AvgIpc) is 2.90. The Kier molecular flexibility index (Phi) is 3.79. The molecular weight excluding hydrogens is 296 g/mol. The Balaban J connectivity index is 1.70. The number of aromatic nitrogens is 2. The van der Waals surface area contributed by atoms with Crippen LogP contribution in [-0.2, 0) is 13.1 Å². The van der Waals surface area contributed by atoms with E-state index in [2.05, 4.69) is 72.3 Å². The molecule has 0 aliphatic carbocycles. The van der Waals surface area contributed by atoms with Gasteiger partial charge in [0.15, 0.2) is 18.9 Å². The summed E-state index contributed by atoms with van der Waals surface area (Å²) in [6.07, 6.45) is 3.62.